The SMILES string of the molecule is COc1cc(NC(C)CC(C)O)nc(N)n1. The minimum atomic E-state index is -0.358. The maximum Gasteiger partial charge on any atom is 0.225 e. The predicted octanol–water partition coefficient (Wildman–Crippen LogP) is 0.639. The minimum absolute atomic E-state index is 0.0963. The molecule has 4 N–H and O–H groups in total. The first kappa shape index (κ1) is 12.5. The van der Waals surface area contributed by atoms with E-state index < -0.39 is 0 Å². The molecular weight excluding hydrogens is 208 g/mol. The van der Waals surface area contributed by atoms with Gasteiger partial charge in [-0.2, -0.15) is 9.97 Å². The quantitative estimate of drug-likeness (QED) is 0.682. The largest absolute Gasteiger partial charge is 0.481 e. The first-order chi connectivity index (χ1) is 7.51. The van der Waals surface area contributed by atoms with E-state index in [1.165, 1.54) is 7.11 Å². The monoisotopic (exact) mass is 226 g/mol. The number of nitrogens with zero attached hydrogens (tertiary/aromatic N) is 2. The van der Waals surface area contributed by atoms with Gasteiger partial charge in [0.25, 0.3) is 0 Å². The van der Waals surface area contributed by atoms with Crippen molar-refractivity contribution < 1.29 is 9.84 Å². The summed E-state index contributed by atoms with van der Waals surface area (Å²) in [6.45, 7) is 3.70. The molecule has 0 aliphatic carbocycles. The Labute approximate surface area is 94.9 Å². The fourth-order valence-corrected chi connectivity index (χ4v) is 1.44. The molecule has 0 aliphatic heterocycles. The summed E-state index contributed by atoms with van der Waals surface area (Å²) >= 11 is 0. The van der Waals surface area contributed by atoms with Gasteiger partial charge in [-0.05, 0) is 20.3 Å². The maximum atomic E-state index is 9.23. The molecule has 0 saturated heterocycles. The van der Waals surface area contributed by atoms with Crippen LogP contribution in [-0.4, -0.2) is 34.3 Å². The molecule has 1 aromatic heterocycles. The summed E-state index contributed by atoms with van der Waals surface area (Å²) in [4.78, 5) is 7.90. The van der Waals surface area contributed by atoms with Crippen molar-refractivity contribution in [2.24, 2.45) is 0 Å². The van der Waals surface area contributed by atoms with Crippen LogP contribution in [-0.2, 0) is 0 Å². The Kier molecular flexibility index (Phi) is 4.30. The van der Waals surface area contributed by atoms with Gasteiger partial charge < -0.3 is 20.9 Å². The molecule has 2 atom stereocenters. The molecular formula is C10H18N4O2. The number of anilines is 2. The van der Waals surface area contributed by atoms with Crippen LogP contribution >= 0.6 is 0 Å². The van der Waals surface area contributed by atoms with Crippen LogP contribution in [0.1, 0.15) is 20.3 Å². The molecule has 0 aromatic carbocycles. The first-order valence-electron chi connectivity index (χ1n) is 5.14. The first-order valence-corrected chi connectivity index (χ1v) is 5.14. The van der Waals surface area contributed by atoms with Crippen molar-refractivity contribution in [3.05, 3.63) is 6.07 Å². The van der Waals surface area contributed by atoms with E-state index in [9.17, 15) is 5.11 Å². The third-order valence-electron chi connectivity index (χ3n) is 2.02. The molecule has 1 rings (SSSR count). The van der Waals surface area contributed by atoms with Crippen molar-refractivity contribution in [3.8, 4) is 5.88 Å². The number of nitrogen functional groups attached to an aromatic ring is 1. The molecule has 1 aromatic rings. The van der Waals surface area contributed by atoms with Gasteiger partial charge >= 0.3 is 0 Å². The van der Waals surface area contributed by atoms with E-state index >= 15 is 0 Å². The number of nitrogens with one attached hydrogen (secondary N) is 1. The lowest BCUT2D eigenvalue weighted by atomic mass is 10.1. The lowest BCUT2D eigenvalue weighted by molar-refractivity contribution is 0.179. The second-order valence-electron chi connectivity index (χ2n) is 3.78. The highest BCUT2D eigenvalue weighted by atomic mass is 16.5. The number of hydrogen-bond donors (Lipinski definition) is 3. The zero-order valence-electron chi connectivity index (χ0n) is 9.77. The van der Waals surface area contributed by atoms with Crippen LogP contribution in [0.15, 0.2) is 6.07 Å². The van der Waals surface area contributed by atoms with Crippen molar-refractivity contribution in [1.82, 2.24) is 9.97 Å². The third kappa shape index (κ3) is 3.90. The van der Waals surface area contributed by atoms with Crippen LogP contribution in [0, 0.1) is 0 Å². The van der Waals surface area contributed by atoms with Crippen LogP contribution in [0.2, 0.25) is 0 Å². The molecule has 2 unspecified atom stereocenters. The minimum Gasteiger partial charge on any atom is -0.481 e. The summed E-state index contributed by atoms with van der Waals surface area (Å²) in [5.41, 5.74) is 5.52. The zero-order valence-corrected chi connectivity index (χ0v) is 9.77. The van der Waals surface area contributed by atoms with E-state index in [1.807, 2.05) is 6.92 Å². The highest BCUT2D eigenvalue weighted by Crippen LogP contribution is 2.15. The summed E-state index contributed by atoms with van der Waals surface area (Å²) in [7, 11) is 1.52. The Morgan fingerprint density at radius 1 is 1.50 bits per heavy atom. The number of aromatic nitrogens is 2. The number of aliphatic hydroxyl groups is 1. The topological polar surface area (TPSA) is 93.3 Å². The number of hydrogen-bond acceptors (Lipinski definition) is 6. The van der Waals surface area contributed by atoms with E-state index in [-0.39, 0.29) is 18.1 Å². The molecule has 6 nitrogen and oxygen atoms in total. The standard InChI is InChI=1S/C10H18N4O2/c1-6(4-7(2)15)12-8-5-9(16-3)14-10(11)13-8/h5-7,15H,4H2,1-3H3,(H3,11,12,13,14). The fourth-order valence-electron chi connectivity index (χ4n) is 1.44. The Balaban J connectivity index is 2.69. The summed E-state index contributed by atoms with van der Waals surface area (Å²) < 4.78 is 4.98. The van der Waals surface area contributed by atoms with Crippen molar-refractivity contribution in [2.75, 3.05) is 18.2 Å². The number of methoxy groups -OCH3 is 1. The predicted molar refractivity (Wildman–Crippen MR) is 62.4 cm³/mol. The average Bonchev–Trinajstić information content (AvgIpc) is 2.14. The van der Waals surface area contributed by atoms with Gasteiger partial charge in [-0.15, -0.1) is 0 Å². The Morgan fingerprint density at radius 3 is 2.75 bits per heavy atom. The van der Waals surface area contributed by atoms with Crippen molar-refractivity contribution in [3.63, 3.8) is 0 Å². The normalized spacial score (nSPS) is 14.2. The van der Waals surface area contributed by atoms with Crippen LogP contribution < -0.4 is 15.8 Å². The fraction of sp³-hybridized carbons (Fsp3) is 0.600. The van der Waals surface area contributed by atoms with Crippen LogP contribution in [0.5, 0.6) is 5.88 Å². The van der Waals surface area contributed by atoms with Crippen LogP contribution in [0.4, 0.5) is 11.8 Å². The average molecular weight is 226 g/mol. The van der Waals surface area contributed by atoms with Gasteiger partial charge in [-0.3, -0.25) is 0 Å². The Morgan fingerprint density at radius 2 is 2.19 bits per heavy atom. The lowest BCUT2D eigenvalue weighted by Crippen LogP contribution is -2.21. The zero-order chi connectivity index (χ0) is 12.1. The van der Waals surface area contributed by atoms with Gasteiger partial charge in [0.1, 0.15) is 5.82 Å². The molecule has 0 radical (unpaired) electrons. The molecule has 6 heteroatoms. The van der Waals surface area contributed by atoms with Crippen LogP contribution in [0.3, 0.4) is 0 Å². The molecule has 0 spiro atoms. The molecule has 1 heterocycles. The summed E-state index contributed by atoms with van der Waals surface area (Å²) in [6.07, 6.45) is 0.273. The Bertz CT molecular complexity index is 344. The molecule has 0 fully saturated rings. The number of rotatable bonds is 5. The highest BCUT2D eigenvalue weighted by Gasteiger charge is 2.08. The van der Waals surface area contributed by atoms with Gasteiger partial charge in [0.2, 0.25) is 11.8 Å². The molecule has 90 valence electrons. The van der Waals surface area contributed by atoms with Gasteiger partial charge in [0.15, 0.2) is 0 Å². The van der Waals surface area contributed by atoms with E-state index in [0.29, 0.717) is 18.1 Å². The van der Waals surface area contributed by atoms with E-state index in [1.54, 1.807) is 13.0 Å². The summed E-state index contributed by atoms with van der Waals surface area (Å²) in [5, 5.41) is 12.4. The maximum absolute atomic E-state index is 9.23. The number of nitrogens with two attached hydrogens (primary N) is 1. The van der Waals surface area contributed by atoms with E-state index in [2.05, 4.69) is 15.3 Å². The summed E-state index contributed by atoms with van der Waals surface area (Å²) in [5.74, 6) is 1.17. The molecule has 16 heavy (non-hydrogen) atoms. The second-order valence-corrected chi connectivity index (χ2v) is 3.78. The lowest BCUT2D eigenvalue weighted by Gasteiger charge is -2.16. The van der Waals surface area contributed by atoms with Gasteiger partial charge in [-0.1, -0.05) is 0 Å². The molecule has 0 saturated carbocycles. The Hall–Kier alpha value is -1.56. The van der Waals surface area contributed by atoms with E-state index in [4.69, 9.17) is 10.5 Å². The molecule has 0 bridgehead atoms. The van der Waals surface area contributed by atoms with Gasteiger partial charge in [0.05, 0.1) is 13.2 Å². The third-order valence-corrected chi connectivity index (χ3v) is 2.02. The second kappa shape index (κ2) is 5.50. The van der Waals surface area contributed by atoms with Crippen molar-refractivity contribution >= 4 is 11.8 Å². The van der Waals surface area contributed by atoms with Crippen molar-refractivity contribution in [2.45, 2.75) is 32.4 Å². The molecule has 0 aliphatic rings. The highest BCUT2D eigenvalue weighted by molar-refractivity contribution is 5.43. The van der Waals surface area contributed by atoms with Crippen molar-refractivity contribution in [1.29, 1.82) is 0 Å². The summed E-state index contributed by atoms with van der Waals surface area (Å²) in [6, 6.07) is 1.76. The number of aliphatic hydroxyl groups excluding tert-OH is 1. The van der Waals surface area contributed by atoms with Crippen LogP contribution in [0.25, 0.3) is 0 Å². The van der Waals surface area contributed by atoms with Gasteiger partial charge in [-0.25, -0.2) is 0 Å². The molecule has 0 amide bonds. The number of ether oxygens (including phenoxy) is 1. The van der Waals surface area contributed by atoms with Gasteiger partial charge in [0, 0.05) is 12.1 Å². The van der Waals surface area contributed by atoms with E-state index in [0.717, 1.165) is 0 Å². The smallest absolute Gasteiger partial charge is 0.225 e.